The number of benzene rings is 4. The maximum atomic E-state index is 4.92. The topological polar surface area (TPSA) is 55.0 Å². The van der Waals surface area contributed by atoms with E-state index >= 15 is 0 Å². The molecule has 5 aromatic heterocycles. The first-order valence-electron chi connectivity index (χ1n) is 16.2. The lowest BCUT2D eigenvalue weighted by molar-refractivity contribution is 0.828. The summed E-state index contributed by atoms with van der Waals surface area (Å²) in [7, 11) is 0. The highest BCUT2D eigenvalue weighted by atomic mass is 15.3. The fourth-order valence-corrected chi connectivity index (χ4v) is 7.53. The van der Waals surface area contributed by atoms with Crippen molar-refractivity contribution in [1.82, 2.24) is 24.1 Å². The molecule has 0 fully saturated rings. The van der Waals surface area contributed by atoms with Gasteiger partial charge in [0.1, 0.15) is 0 Å². The molecule has 7 heteroatoms. The smallest absolute Gasteiger partial charge is 0.157 e. The molecule has 4 aromatic carbocycles. The molecule has 0 N–H and O–H groups in total. The molecule has 6 heterocycles. The average molecular weight is 620 g/mol. The van der Waals surface area contributed by atoms with Crippen LogP contribution in [0.2, 0.25) is 0 Å². The predicted octanol–water partition coefficient (Wildman–Crippen LogP) is 9.36. The highest BCUT2D eigenvalue weighted by molar-refractivity contribution is 6.10. The monoisotopic (exact) mass is 619 g/mol. The molecule has 1 aliphatic rings. The first-order valence-corrected chi connectivity index (χ1v) is 16.2. The van der Waals surface area contributed by atoms with E-state index in [9.17, 15) is 0 Å². The highest BCUT2D eigenvalue weighted by Gasteiger charge is 2.27. The van der Waals surface area contributed by atoms with Crippen LogP contribution in [0.4, 0.5) is 22.9 Å². The van der Waals surface area contributed by atoms with Crippen LogP contribution in [0.1, 0.15) is 0 Å². The lowest BCUT2D eigenvalue weighted by Gasteiger charge is -2.37. The molecule has 48 heavy (non-hydrogen) atoms. The molecule has 1 aliphatic heterocycles. The fraction of sp³-hybridized carbons (Fsp3) is 0.0488. The molecule has 0 aliphatic carbocycles. The lowest BCUT2D eigenvalue weighted by Crippen LogP contribution is -2.37. The number of fused-ring (bicyclic) bond motifs is 7. The second kappa shape index (κ2) is 10.5. The summed E-state index contributed by atoms with van der Waals surface area (Å²) in [5.74, 6) is 0.896. The highest BCUT2D eigenvalue weighted by Crippen LogP contribution is 2.41. The van der Waals surface area contributed by atoms with Gasteiger partial charge in [0, 0.05) is 40.8 Å². The van der Waals surface area contributed by atoms with E-state index in [1.54, 1.807) is 0 Å². The van der Waals surface area contributed by atoms with Gasteiger partial charge in [0.15, 0.2) is 5.82 Å². The summed E-state index contributed by atoms with van der Waals surface area (Å²) in [5, 5.41) is 4.93. The molecule has 10 rings (SSSR count). The summed E-state index contributed by atoms with van der Waals surface area (Å²) in [5.41, 5.74) is 9.78. The average Bonchev–Trinajstić information content (AvgIpc) is 3.68. The van der Waals surface area contributed by atoms with Gasteiger partial charge in [-0.2, -0.15) is 0 Å². The zero-order chi connectivity index (χ0) is 31.6. The van der Waals surface area contributed by atoms with E-state index < -0.39 is 0 Å². The Morgan fingerprint density at radius 3 is 1.33 bits per heavy atom. The third kappa shape index (κ3) is 3.97. The Balaban J connectivity index is 1.06. The largest absolute Gasteiger partial charge is 0.335 e. The van der Waals surface area contributed by atoms with Crippen molar-refractivity contribution in [2.45, 2.75) is 0 Å². The zero-order valence-corrected chi connectivity index (χ0v) is 26.0. The maximum Gasteiger partial charge on any atom is 0.157 e. The summed E-state index contributed by atoms with van der Waals surface area (Å²) in [6.07, 6.45) is 9.66. The molecule has 0 bridgehead atoms. The second-order valence-corrected chi connectivity index (χ2v) is 12.2. The molecule has 228 valence electrons. The van der Waals surface area contributed by atoms with Crippen molar-refractivity contribution in [3.8, 4) is 11.4 Å². The normalized spacial score (nSPS) is 13.2. The third-order valence-corrected chi connectivity index (χ3v) is 9.58. The van der Waals surface area contributed by atoms with Gasteiger partial charge in [0.05, 0.1) is 75.3 Å². The van der Waals surface area contributed by atoms with Crippen LogP contribution in [0, 0.1) is 0 Å². The van der Waals surface area contributed by atoms with E-state index in [2.05, 4.69) is 134 Å². The van der Waals surface area contributed by atoms with Crippen LogP contribution in [0.5, 0.6) is 0 Å². The molecule has 0 saturated carbocycles. The number of para-hydroxylation sites is 4. The van der Waals surface area contributed by atoms with Gasteiger partial charge in [-0.25, -0.2) is 4.98 Å². The molecule has 0 unspecified atom stereocenters. The zero-order valence-electron chi connectivity index (χ0n) is 26.0. The summed E-state index contributed by atoms with van der Waals surface area (Å²) < 4.78 is 4.62. The van der Waals surface area contributed by atoms with Crippen LogP contribution in [0.25, 0.3) is 55.0 Å². The molecular formula is C41H29N7. The Hall–Kier alpha value is -6.47. The van der Waals surface area contributed by atoms with Crippen LogP contribution >= 0.6 is 0 Å². The van der Waals surface area contributed by atoms with Gasteiger partial charge in [-0.1, -0.05) is 72.8 Å². The summed E-state index contributed by atoms with van der Waals surface area (Å²) in [6.45, 7) is 1.50. The predicted molar refractivity (Wildman–Crippen MR) is 195 cm³/mol. The van der Waals surface area contributed by atoms with Crippen LogP contribution in [-0.4, -0.2) is 37.2 Å². The van der Waals surface area contributed by atoms with Gasteiger partial charge in [-0.3, -0.25) is 9.97 Å². The summed E-state index contributed by atoms with van der Waals surface area (Å²) in [6, 6.07) is 42.9. The van der Waals surface area contributed by atoms with Crippen molar-refractivity contribution in [3.63, 3.8) is 0 Å². The van der Waals surface area contributed by atoms with Crippen LogP contribution in [0.15, 0.2) is 152 Å². The number of hydrogen-bond acceptors (Lipinski definition) is 5. The Labute approximate surface area is 276 Å². The van der Waals surface area contributed by atoms with E-state index in [-0.39, 0.29) is 0 Å². The number of nitrogens with zero attached hydrogens (tertiary/aromatic N) is 7. The SMILES string of the molecule is c1cnc2c(c1)N(c1cncc(-n3c4ccccc4c4ccccc43)c1)CCN2c1cncc(-n2c3ccccc3c3ccccc32)c1. The van der Waals surface area contributed by atoms with E-state index in [0.29, 0.717) is 0 Å². The van der Waals surface area contributed by atoms with Gasteiger partial charge >= 0.3 is 0 Å². The Bertz CT molecular complexity index is 2380. The number of aromatic nitrogens is 5. The van der Waals surface area contributed by atoms with Gasteiger partial charge in [0.2, 0.25) is 0 Å². The standard InChI is InChI=1S/C41H29N7/c1-5-14-36-32(10-1)33-11-2-6-15-37(33)47(36)30-22-28(24-42-26-30)45-20-21-46(41-40(45)18-9-19-44-41)29-23-31(27-43-25-29)48-38-16-7-3-12-34(38)35-13-4-8-17-39(35)48/h1-19,22-27H,20-21H2. The Morgan fingerprint density at radius 2 is 0.833 bits per heavy atom. The molecule has 9 aromatic rings. The van der Waals surface area contributed by atoms with E-state index in [0.717, 1.165) is 58.4 Å². The lowest BCUT2D eigenvalue weighted by atomic mass is 10.2. The van der Waals surface area contributed by atoms with Gasteiger partial charge in [-0.15, -0.1) is 0 Å². The first kappa shape index (κ1) is 26.7. The third-order valence-electron chi connectivity index (χ3n) is 9.58. The molecule has 0 amide bonds. The van der Waals surface area contributed by atoms with Crippen molar-refractivity contribution in [2.75, 3.05) is 22.9 Å². The van der Waals surface area contributed by atoms with Crippen molar-refractivity contribution < 1.29 is 0 Å². The molecule has 0 spiro atoms. The van der Waals surface area contributed by atoms with Crippen molar-refractivity contribution in [3.05, 3.63) is 152 Å². The van der Waals surface area contributed by atoms with E-state index in [1.165, 1.54) is 32.6 Å². The molecule has 0 radical (unpaired) electrons. The minimum Gasteiger partial charge on any atom is -0.335 e. The van der Waals surface area contributed by atoms with Crippen molar-refractivity contribution in [2.24, 2.45) is 0 Å². The maximum absolute atomic E-state index is 4.92. The Kier molecular flexibility index (Phi) is 5.86. The minimum atomic E-state index is 0.738. The fourth-order valence-electron chi connectivity index (χ4n) is 7.53. The quantitative estimate of drug-likeness (QED) is 0.197. The van der Waals surface area contributed by atoms with Crippen molar-refractivity contribution >= 4 is 66.5 Å². The second-order valence-electron chi connectivity index (χ2n) is 12.2. The molecule has 0 saturated heterocycles. The number of anilines is 4. The molecular weight excluding hydrogens is 591 g/mol. The number of pyridine rings is 3. The number of rotatable bonds is 4. The van der Waals surface area contributed by atoms with Crippen LogP contribution in [0.3, 0.4) is 0 Å². The number of hydrogen-bond donors (Lipinski definition) is 0. The molecule has 0 atom stereocenters. The summed E-state index contributed by atoms with van der Waals surface area (Å²) >= 11 is 0. The Morgan fingerprint density at radius 1 is 0.417 bits per heavy atom. The van der Waals surface area contributed by atoms with E-state index in [1.807, 2.05) is 37.1 Å². The first-order chi connectivity index (χ1) is 23.8. The van der Waals surface area contributed by atoms with Gasteiger partial charge < -0.3 is 18.9 Å². The van der Waals surface area contributed by atoms with Gasteiger partial charge in [-0.05, 0) is 48.5 Å². The van der Waals surface area contributed by atoms with E-state index in [4.69, 9.17) is 15.0 Å². The van der Waals surface area contributed by atoms with Crippen molar-refractivity contribution in [1.29, 1.82) is 0 Å². The van der Waals surface area contributed by atoms with Gasteiger partial charge in [0.25, 0.3) is 0 Å². The van der Waals surface area contributed by atoms with Crippen LogP contribution in [-0.2, 0) is 0 Å². The molecule has 7 nitrogen and oxygen atoms in total. The van der Waals surface area contributed by atoms with Crippen LogP contribution < -0.4 is 9.80 Å². The summed E-state index contributed by atoms with van der Waals surface area (Å²) in [4.78, 5) is 19.0. The minimum absolute atomic E-state index is 0.738.